The van der Waals surface area contributed by atoms with Gasteiger partial charge in [-0.3, -0.25) is 4.79 Å². The number of rotatable bonds is 17. The molecule has 1 fully saturated rings. The minimum Gasteiger partial charge on any atom is -0.497 e. The summed E-state index contributed by atoms with van der Waals surface area (Å²) in [5.74, 6) is 0.789. The molecule has 0 saturated heterocycles. The van der Waals surface area contributed by atoms with Gasteiger partial charge in [-0.1, -0.05) is 164 Å². The van der Waals surface area contributed by atoms with Crippen molar-refractivity contribution in [3.8, 4) is 11.6 Å². The van der Waals surface area contributed by atoms with Crippen molar-refractivity contribution >= 4 is 22.9 Å². The van der Waals surface area contributed by atoms with Crippen molar-refractivity contribution in [2.24, 2.45) is 5.92 Å². The molecule has 0 radical (unpaired) electrons. The van der Waals surface area contributed by atoms with Gasteiger partial charge in [-0.25, -0.2) is 4.98 Å². The molecule has 0 spiro atoms. The van der Waals surface area contributed by atoms with Crippen molar-refractivity contribution in [1.29, 1.82) is 0 Å². The van der Waals surface area contributed by atoms with E-state index in [0.717, 1.165) is 39.1 Å². The number of benzene rings is 6. The number of Topliss-reactive ketones (excluding diaryl/α,β-unsaturated/α-hetero) is 1. The van der Waals surface area contributed by atoms with Gasteiger partial charge >= 0.3 is 0 Å². The van der Waals surface area contributed by atoms with Crippen LogP contribution in [0.3, 0.4) is 0 Å². The number of fused-ring (bicyclic) bond motifs is 1. The van der Waals surface area contributed by atoms with Gasteiger partial charge in [0.15, 0.2) is 16.9 Å². The first-order valence-corrected chi connectivity index (χ1v) is 20.8. The van der Waals surface area contributed by atoms with E-state index in [2.05, 4.69) is 29.6 Å². The first-order chi connectivity index (χ1) is 30.6. The fourth-order valence-corrected chi connectivity index (χ4v) is 8.31. The van der Waals surface area contributed by atoms with Crippen LogP contribution < -0.4 is 14.8 Å². The van der Waals surface area contributed by atoms with Crippen molar-refractivity contribution in [1.82, 2.24) is 19.5 Å². The third-order valence-electron chi connectivity index (χ3n) is 11.5. The molecule has 8 aromatic rings. The van der Waals surface area contributed by atoms with Crippen LogP contribution in [0.4, 0.5) is 5.95 Å². The molecule has 6 aromatic carbocycles. The minimum atomic E-state index is -0.981. The van der Waals surface area contributed by atoms with Crippen molar-refractivity contribution < 1.29 is 23.7 Å². The number of carbonyl (C=O) groups excluding carboxylic acids is 1. The van der Waals surface area contributed by atoms with E-state index in [1.54, 1.807) is 13.4 Å². The third kappa shape index (κ3) is 8.56. The lowest BCUT2D eigenvalue weighted by molar-refractivity contribution is -0.127. The number of aromatic nitrogens is 4. The number of methoxy groups -OCH3 is 1. The number of ether oxygens (including phenoxy) is 4. The Hall–Kier alpha value is -7.14. The van der Waals surface area contributed by atoms with E-state index in [1.807, 2.05) is 156 Å². The highest BCUT2D eigenvalue weighted by atomic mass is 16.5. The molecule has 310 valence electrons. The Morgan fingerprint density at radius 3 is 1.76 bits per heavy atom. The number of nitrogens with zero attached hydrogens (tertiary/aromatic N) is 4. The van der Waals surface area contributed by atoms with E-state index in [4.69, 9.17) is 33.9 Å². The molecule has 3 atom stereocenters. The van der Waals surface area contributed by atoms with Crippen molar-refractivity contribution in [2.75, 3.05) is 19.0 Å². The molecule has 1 saturated carbocycles. The maximum atomic E-state index is 14.7. The second kappa shape index (κ2) is 18.6. The topological polar surface area (TPSA) is 110 Å². The summed E-state index contributed by atoms with van der Waals surface area (Å²) in [6, 6.07) is 57.7. The first-order valence-electron chi connectivity index (χ1n) is 20.8. The summed E-state index contributed by atoms with van der Waals surface area (Å²) in [5, 5.41) is 3.81. The predicted octanol–water partition coefficient (Wildman–Crippen LogP) is 9.75. The first kappa shape index (κ1) is 40.3. The molecule has 10 heteroatoms. The van der Waals surface area contributed by atoms with Gasteiger partial charge in [-0.05, 0) is 45.5 Å². The molecular weight excluding hydrogens is 775 g/mol. The van der Waals surface area contributed by atoms with Crippen LogP contribution in [0, 0.1) is 5.92 Å². The highest BCUT2D eigenvalue weighted by Gasteiger charge is 2.45. The average molecular weight is 822 g/mol. The highest BCUT2D eigenvalue weighted by Crippen LogP contribution is 2.42. The summed E-state index contributed by atoms with van der Waals surface area (Å²) >= 11 is 0. The monoisotopic (exact) mass is 821 g/mol. The van der Waals surface area contributed by atoms with Crippen LogP contribution in [-0.2, 0) is 39.6 Å². The summed E-state index contributed by atoms with van der Waals surface area (Å²) < 4.78 is 26.8. The number of nitrogens with one attached hydrogen (secondary N) is 1. The normalized spacial score (nSPS) is 16.3. The van der Waals surface area contributed by atoms with Gasteiger partial charge in [0.05, 0.1) is 51.3 Å². The van der Waals surface area contributed by atoms with Gasteiger partial charge in [-0.2, -0.15) is 9.97 Å². The van der Waals surface area contributed by atoms with Crippen LogP contribution in [0.2, 0.25) is 0 Å². The molecule has 2 aromatic heterocycles. The summed E-state index contributed by atoms with van der Waals surface area (Å²) in [5.41, 5.74) is 5.81. The maximum Gasteiger partial charge on any atom is 0.247 e. The smallest absolute Gasteiger partial charge is 0.247 e. The van der Waals surface area contributed by atoms with Gasteiger partial charge in [0, 0.05) is 6.42 Å². The lowest BCUT2D eigenvalue weighted by Crippen LogP contribution is -2.38. The molecule has 9 rings (SSSR count). The number of anilines is 1. The molecule has 0 amide bonds. The molecule has 1 aliphatic rings. The summed E-state index contributed by atoms with van der Waals surface area (Å²) in [4.78, 5) is 29.8. The van der Waals surface area contributed by atoms with Crippen LogP contribution in [0.15, 0.2) is 182 Å². The number of imidazole rings is 1. The molecule has 62 heavy (non-hydrogen) atoms. The number of hydrogen-bond acceptors (Lipinski definition) is 9. The van der Waals surface area contributed by atoms with Gasteiger partial charge in [0.25, 0.3) is 0 Å². The molecule has 3 unspecified atom stereocenters. The third-order valence-corrected chi connectivity index (χ3v) is 11.5. The van der Waals surface area contributed by atoms with Crippen LogP contribution in [0.1, 0.15) is 45.8 Å². The largest absolute Gasteiger partial charge is 0.497 e. The quantitative estimate of drug-likeness (QED) is 0.0899. The maximum absolute atomic E-state index is 14.7. The molecule has 0 bridgehead atoms. The van der Waals surface area contributed by atoms with Crippen molar-refractivity contribution in [3.05, 3.63) is 216 Å². The van der Waals surface area contributed by atoms with Crippen molar-refractivity contribution in [2.45, 2.75) is 43.9 Å². The van der Waals surface area contributed by atoms with E-state index in [-0.39, 0.29) is 30.8 Å². The standard InChI is InChI=1S/C52H47N5O5/c1-59-43-29-27-42(28-30-43)52(40-23-13-5-14-24-40,41-25-15-6-16-26-41)56-51-54-49-47(50(55-51)62-34-39-21-11-4-12-22-39)53-36-57(49)45-31-46(61-33-38-19-9-3-10-20-38)44(48(45)58)35-60-32-37-17-7-2-8-18-37/h2-30,36,44-46H,31-35H2,1H3,(H,54,55,56). The Labute approximate surface area is 361 Å². The number of ketones is 1. The van der Waals surface area contributed by atoms with Crippen LogP contribution in [0.25, 0.3) is 11.2 Å². The Kier molecular flexibility index (Phi) is 12.1. The zero-order chi connectivity index (χ0) is 42.1. The summed E-state index contributed by atoms with van der Waals surface area (Å²) in [7, 11) is 1.66. The predicted molar refractivity (Wildman–Crippen MR) is 239 cm³/mol. The zero-order valence-electron chi connectivity index (χ0n) is 34.4. The Morgan fingerprint density at radius 1 is 0.645 bits per heavy atom. The SMILES string of the molecule is COc1ccc(C(Nc2nc(OCc3ccccc3)c3ncn(C4CC(OCc5ccccc5)C(COCc5ccccc5)C4=O)c3n2)(c2ccccc2)c2ccccc2)cc1. The van der Waals surface area contributed by atoms with Gasteiger partial charge in [0.2, 0.25) is 11.8 Å². The average Bonchev–Trinajstić information content (AvgIpc) is 3.90. The molecule has 10 nitrogen and oxygen atoms in total. The summed E-state index contributed by atoms with van der Waals surface area (Å²) in [6.07, 6.45) is 1.68. The summed E-state index contributed by atoms with van der Waals surface area (Å²) in [6.45, 7) is 1.21. The van der Waals surface area contributed by atoms with Crippen LogP contribution in [0.5, 0.6) is 11.6 Å². The van der Waals surface area contributed by atoms with E-state index in [1.165, 1.54) is 0 Å². The molecule has 1 N–H and O–H groups in total. The molecular formula is C52H47N5O5. The fraction of sp³-hybridized carbons (Fsp3) is 0.192. The van der Waals surface area contributed by atoms with Gasteiger partial charge in [-0.15, -0.1) is 0 Å². The molecule has 2 heterocycles. The van der Waals surface area contributed by atoms with E-state index in [9.17, 15) is 4.79 Å². The molecule has 1 aliphatic carbocycles. The Bertz CT molecular complexity index is 2640. The minimum absolute atomic E-state index is 0.00329. The second-order valence-electron chi connectivity index (χ2n) is 15.4. The van der Waals surface area contributed by atoms with Crippen LogP contribution in [-0.4, -0.2) is 45.1 Å². The molecule has 0 aliphatic heterocycles. The zero-order valence-corrected chi connectivity index (χ0v) is 34.4. The Morgan fingerprint density at radius 2 is 1.18 bits per heavy atom. The van der Waals surface area contributed by atoms with E-state index in [0.29, 0.717) is 30.8 Å². The lowest BCUT2D eigenvalue weighted by Gasteiger charge is -2.37. The number of carbonyl (C=O) groups is 1. The highest BCUT2D eigenvalue weighted by molar-refractivity contribution is 5.90. The van der Waals surface area contributed by atoms with Gasteiger partial charge < -0.3 is 28.8 Å². The van der Waals surface area contributed by atoms with Gasteiger partial charge in [0.1, 0.15) is 17.9 Å². The lowest BCUT2D eigenvalue weighted by atomic mass is 9.77. The van der Waals surface area contributed by atoms with E-state index < -0.39 is 23.6 Å². The van der Waals surface area contributed by atoms with E-state index >= 15 is 0 Å². The second-order valence-corrected chi connectivity index (χ2v) is 15.4. The van der Waals surface area contributed by atoms with Crippen molar-refractivity contribution in [3.63, 3.8) is 0 Å². The fourth-order valence-electron chi connectivity index (χ4n) is 8.31. The number of hydrogen-bond donors (Lipinski definition) is 1. The Balaban J connectivity index is 1.13. The van der Waals surface area contributed by atoms with Crippen LogP contribution >= 0.6 is 0 Å².